The number of rotatable bonds is 32. The Balaban J connectivity index is 1.66. The van der Waals surface area contributed by atoms with E-state index in [0.29, 0.717) is 44.1 Å². The van der Waals surface area contributed by atoms with Crippen molar-refractivity contribution < 1.29 is 57.4 Å². The fraction of sp³-hybridized carbons (Fsp3) is 0.544. The number of unbranched alkanes of at least 4 members (excludes halogenated alkanes) is 1. The minimum atomic E-state index is -1.87. The van der Waals surface area contributed by atoms with E-state index in [4.69, 9.17) is 19.9 Å². The molecule has 3 aromatic rings. The third kappa shape index (κ3) is 20.0. The molecule has 1 saturated heterocycles. The first-order valence-electron chi connectivity index (χ1n) is 27.0. The van der Waals surface area contributed by atoms with Crippen LogP contribution in [-0.2, 0) is 71.9 Å². The summed E-state index contributed by atoms with van der Waals surface area (Å²) in [6.45, 7) is 7.67. The monoisotopic (exact) mass is 1110 g/mol. The van der Waals surface area contributed by atoms with E-state index in [-0.39, 0.29) is 70.6 Å². The van der Waals surface area contributed by atoms with Gasteiger partial charge < -0.3 is 66.5 Å². The largest absolute Gasteiger partial charge is 0.491 e. The Labute approximate surface area is 469 Å². The average molecular weight is 1110 g/mol. The number of benzene rings is 2. The van der Waals surface area contributed by atoms with Gasteiger partial charge in [-0.25, -0.2) is 0 Å². The van der Waals surface area contributed by atoms with Crippen molar-refractivity contribution in [2.75, 3.05) is 81.4 Å². The summed E-state index contributed by atoms with van der Waals surface area (Å²) in [4.78, 5) is 133. The fourth-order valence-electron chi connectivity index (χ4n) is 9.03. The molecule has 1 aromatic heterocycles. The number of primary amides is 1. The number of carbonyl (C=O) groups excluding carboxylic acids is 9. The Morgan fingerprint density at radius 2 is 1.40 bits per heavy atom. The van der Waals surface area contributed by atoms with Gasteiger partial charge in [-0.1, -0.05) is 48.5 Å². The third-order valence-electron chi connectivity index (χ3n) is 14.0. The van der Waals surface area contributed by atoms with E-state index in [0.717, 1.165) is 16.0 Å². The van der Waals surface area contributed by atoms with Crippen molar-refractivity contribution in [1.29, 1.82) is 0 Å². The van der Waals surface area contributed by atoms with Crippen molar-refractivity contribution >= 4 is 53.2 Å². The number of hydrogen-bond donors (Lipinski definition) is 7. The zero-order valence-corrected chi connectivity index (χ0v) is 47.8. The molecule has 9 amide bonds. The molecule has 1 aliphatic heterocycles. The first-order valence-corrected chi connectivity index (χ1v) is 27.0. The Kier molecular flexibility index (Phi) is 25.5. The maximum absolute atomic E-state index is 15.1. The molecule has 3 unspecified atom stereocenters. The highest BCUT2D eigenvalue weighted by molar-refractivity contribution is 6.01. The van der Waals surface area contributed by atoms with Gasteiger partial charge in [0.05, 0.1) is 25.6 Å². The number of amides is 9. The van der Waals surface area contributed by atoms with Crippen molar-refractivity contribution in [3.63, 3.8) is 0 Å². The zero-order valence-electron chi connectivity index (χ0n) is 47.8. The lowest BCUT2D eigenvalue weighted by Crippen LogP contribution is -2.69. The lowest BCUT2D eigenvalue weighted by molar-refractivity contribution is -0.145. The first-order chi connectivity index (χ1) is 37.9. The van der Waals surface area contributed by atoms with Gasteiger partial charge in [-0.3, -0.25) is 48.1 Å². The van der Waals surface area contributed by atoms with Crippen LogP contribution in [0, 0.1) is 0 Å². The second-order valence-electron chi connectivity index (χ2n) is 20.9. The molecule has 0 saturated carbocycles. The van der Waals surface area contributed by atoms with Crippen LogP contribution in [0.1, 0.15) is 82.9 Å². The predicted octanol–water partition coefficient (Wildman–Crippen LogP) is 0.568. The van der Waals surface area contributed by atoms with Crippen molar-refractivity contribution in [3.05, 3.63) is 95.8 Å². The van der Waals surface area contributed by atoms with Crippen molar-refractivity contribution in [2.24, 2.45) is 5.73 Å². The van der Waals surface area contributed by atoms with Gasteiger partial charge in [0.2, 0.25) is 53.2 Å². The number of hydrogen-bond acceptors (Lipinski definition) is 14. The number of likely N-dealkylation sites (N-methyl/N-ethyl adjacent to an activating group) is 3. The van der Waals surface area contributed by atoms with Gasteiger partial charge in [-0.15, -0.1) is 0 Å². The number of pyridine rings is 1. The van der Waals surface area contributed by atoms with Crippen LogP contribution >= 0.6 is 0 Å². The summed E-state index contributed by atoms with van der Waals surface area (Å²) in [7, 11) is 7.73. The minimum absolute atomic E-state index is 0.0347. The van der Waals surface area contributed by atoms with E-state index >= 15 is 4.79 Å². The van der Waals surface area contributed by atoms with E-state index < -0.39 is 88.4 Å². The van der Waals surface area contributed by atoms with Crippen LogP contribution in [0.15, 0.2) is 79.1 Å². The molecule has 5 atom stereocenters. The number of nitrogens with zero attached hydrogens (tertiary/aromatic N) is 4. The van der Waals surface area contributed by atoms with Crippen molar-refractivity contribution in [1.82, 2.24) is 51.6 Å². The smallest absolute Gasteiger partial charge is 0.248 e. The van der Waals surface area contributed by atoms with E-state index in [9.17, 15) is 38.4 Å². The summed E-state index contributed by atoms with van der Waals surface area (Å²) < 4.78 is 16.8. The molecule has 80 heavy (non-hydrogen) atoms. The summed E-state index contributed by atoms with van der Waals surface area (Å²) in [5, 5.41) is 17.2. The second kappa shape index (κ2) is 31.3. The van der Waals surface area contributed by atoms with E-state index in [1.807, 2.05) is 37.3 Å². The number of nitrogens with one attached hydrogen (secondary N) is 6. The number of ether oxygens (including phenoxy) is 3. The Morgan fingerprint density at radius 1 is 0.750 bits per heavy atom. The molecular weight excluding hydrogens is 1030 g/mol. The first kappa shape index (κ1) is 65.0. The molecule has 4 rings (SSSR count). The van der Waals surface area contributed by atoms with Crippen LogP contribution in [0.4, 0.5) is 0 Å². The van der Waals surface area contributed by atoms with E-state index in [2.05, 4.69) is 36.9 Å². The van der Waals surface area contributed by atoms with E-state index in [1.165, 1.54) is 64.1 Å². The normalized spacial score (nSPS) is 15.4. The van der Waals surface area contributed by atoms with Crippen LogP contribution in [0.3, 0.4) is 0 Å². The van der Waals surface area contributed by atoms with Crippen LogP contribution in [0.5, 0.6) is 5.75 Å². The standard InChI is InChI=1S/C57H83N11O12/c1-10-78-31-32-80-43-22-20-41(21-23-43)33-44(59-5)49(72)61-45(34-40-17-12-11-13-18-40)51(74)64-57(25-29-79-30-26-57)53(76)65-55(3,24-14-15-28-67(8)39(2)69)52(75)62-46(35-47(58)70)50(73)63-56(4,36-42-19-16-27-60-37-42)54(77)68(9)38-48(71)66(6)7/h11-13,16-23,27,37,44-46,59H,10,14-15,24-26,28-36,38H2,1-9H3,(H2,58,70)(H,61,72)(H,62,75)(H,63,73)(H,64,74)(H,65,76)/t44?,45-,46?,55-,56?/m0/s1. The Hall–Kier alpha value is -7.50. The van der Waals surface area contributed by atoms with Gasteiger partial charge in [0.25, 0.3) is 0 Å². The van der Waals surface area contributed by atoms with Crippen molar-refractivity contribution in [2.45, 2.75) is 120 Å². The molecule has 1 aliphatic rings. The number of aromatic nitrogens is 1. The molecule has 1 fully saturated rings. The molecular formula is C57H83N11O12. The van der Waals surface area contributed by atoms with Gasteiger partial charge in [0.1, 0.15) is 41.1 Å². The lowest BCUT2D eigenvalue weighted by Gasteiger charge is -2.41. The van der Waals surface area contributed by atoms with Gasteiger partial charge in [0.15, 0.2) is 0 Å². The highest BCUT2D eigenvalue weighted by atomic mass is 16.5. The minimum Gasteiger partial charge on any atom is -0.491 e. The average Bonchev–Trinajstić information content (AvgIpc) is 3.47. The molecule has 2 aromatic carbocycles. The van der Waals surface area contributed by atoms with Gasteiger partial charge in [-0.05, 0) is 88.4 Å². The molecule has 23 heteroatoms. The summed E-state index contributed by atoms with van der Waals surface area (Å²) >= 11 is 0. The quantitative estimate of drug-likeness (QED) is 0.0421. The van der Waals surface area contributed by atoms with Crippen LogP contribution in [0.25, 0.3) is 0 Å². The summed E-state index contributed by atoms with van der Waals surface area (Å²) in [6.07, 6.45) is 3.02. The van der Waals surface area contributed by atoms with Crippen LogP contribution in [-0.4, -0.2) is 189 Å². The molecule has 2 heterocycles. The predicted molar refractivity (Wildman–Crippen MR) is 298 cm³/mol. The van der Waals surface area contributed by atoms with Crippen LogP contribution < -0.4 is 42.4 Å². The topological polar surface area (TPSA) is 302 Å². The van der Waals surface area contributed by atoms with Crippen molar-refractivity contribution in [3.8, 4) is 5.75 Å². The van der Waals surface area contributed by atoms with Gasteiger partial charge in [-0.2, -0.15) is 0 Å². The van der Waals surface area contributed by atoms with Gasteiger partial charge in [0, 0.05) is 99.6 Å². The summed E-state index contributed by atoms with van der Waals surface area (Å²) in [6, 6.07) is 16.0. The lowest BCUT2D eigenvalue weighted by atomic mass is 9.85. The van der Waals surface area contributed by atoms with Crippen LogP contribution in [0.2, 0.25) is 0 Å². The van der Waals surface area contributed by atoms with E-state index in [1.54, 1.807) is 50.5 Å². The highest BCUT2D eigenvalue weighted by Crippen LogP contribution is 2.26. The highest BCUT2D eigenvalue weighted by Gasteiger charge is 2.48. The summed E-state index contributed by atoms with van der Waals surface area (Å²) in [5.74, 6) is -5.39. The third-order valence-corrected chi connectivity index (χ3v) is 14.0. The SMILES string of the molecule is CCOCCOc1ccc(CC(NC)C(=O)N[C@@H](Cc2ccccc2)C(=O)NC2(C(=O)N[C@@](C)(CCCCN(C)C(C)=O)C(=O)NC(CC(N)=O)C(=O)NC(C)(Cc3cccnc3)C(=O)N(C)CC(=O)N(C)C)CCOCC2)cc1. The molecule has 23 nitrogen and oxygen atoms in total. The second-order valence-corrected chi connectivity index (χ2v) is 20.9. The molecule has 438 valence electrons. The summed E-state index contributed by atoms with van der Waals surface area (Å²) in [5.41, 5.74) is 2.44. The Morgan fingerprint density at radius 3 is 2.00 bits per heavy atom. The molecule has 0 radical (unpaired) electrons. The maximum atomic E-state index is 15.1. The maximum Gasteiger partial charge on any atom is 0.248 e. The Bertz CT molecular complexity index is 2550. The molecule has 8 N–H and O–H groups in total. The molecule has 0 aliphatic carbocycles. The fourth-order valence-corrected chi connectivity index (χ4v) is 9.03. The number of nitrogens with two attached hydrogens (primary N) is 1. The molecule has 0 spiro atoms. The van der Waals surface area contributed by atoms with Gasteiger partial charge >= 0.3 is 0 Å². The zero-order chi connectivity index (χ0) is 59.0. The number of carbonyl (C=O) groups is 9. The molecule has 0 bridgehead atoms.